The molecule has 6 nitrogen and oxygen atoms in total. The maximum atomic E-state index is 12.8. The second kappa shape index (κ2) is 56.4. The number of rotatable bonds is 49. The van der Waals surface area contributed by atoms with Crippen LogP contribution in [0.25, 0.3) is 0 Å². The molecule has 69 heavy (non-hydrogen) atoms. The van der Waals surface area contributed by atoms with Crippen LogP contribution in [0.4, 0.5) is 0 Å². The molecular weight excluding hydrogens is 853 g/mol. The molecule has 390 valence electrons. The van der Waals surface area contributed by atoms with Crippen molar-refractivity contribution < 1.29 is 28.6 Å². The highest BCUT2D eigenvalue weighted by Gasteiger charge is 2.19. The van der Waals surface area contributed by atoms with E-state index in [4.69, 9.17) is 14.2 Å². The number of hydrogen-bond acceptors (Lipinski definition) is 6. The fraction of sp³-hybridized carbons (Fsp3) is 0.635. The average molecular weight is 956 g/mol. The van der Waals surface area contributed by atoms with Crippen molar-refractivity contribution in [2.24, 2.45) is 0 Å². The van der Waals surface area contributed by atoms with E-state index in [-0.39, 0.29) is 38.0 Å². The predicted octanol–water partition coefficient (Wildman–Crippen LogP) is 18.9. The summed E-state index contributed by atoms with van der Waals surface area (Å²) in [5, 5.41) is 0. The number of carbonyl (C=O) groups excluding carboxylic acids is 3. The van der Waals surface area contributed by atoms with Crippen LogP contribution >= 0.6 is 0 Å². The zero-order valence-corrected chi connectivity index (χ0v) is 44.5. The van der Waals surface area contributed by atoms with Crippen LogP contribution in [0.2, 0.25) is 0 Å². The van der Waals surface area contributed by atoms with Crippen LogP contribution in [0.3, 0.4) is 0 Å². The normalized spacial score (nSPS) is 13.0. The van der Waals surface area contributed by atoms with Crippen LogP contribution in [-0.4, -0.2) is 37.2 Å². The lowest BCUT2D eigenvalue weighted by Crippen LogP contribution is -2.30. The van der Waals surface area contributed by atoms with Gasteiger partial charge in [0.1, 0.15) is 13.2 Å². The minimum Gasteiger partial charge on any atom is -0.462 e. The molecule has 0 aromatic carbocycles. The first kappa shape index (κ1) is 64.8. The van der Waals surface area contributed by atoms with Gasteiger partial charge in [-0.3, -0.25) is 14.4 Å². The molecule has 0 amide bonds. The van der Waals surface area contributed by atoms with Gasteiger partial charge in [0.25, 0.3) is 0 Å². The van der Waals surface area contributed by atoms with E-state index in [1.165, 1.54) is 103 Å². The van der Waals surface area contributed by atoms with E-state index in [9.17, 15) is 14.4 Å². The number of unbranched alkanes of at least 4 members (excludes halogenated alkanes) is 18. The fourth-order valence-electron chi connectivity index (χ4n) is 7.28. The highest BCUT2D eigenvalue weighted by molar-refractivity contribution is 5.71. The second-order valence-electron chi connectivity index (χ2n) is 18.1. The summed E-state index contributed by atoms with van der Waals surface area (Å²) in [4.78, 5) is 38.1. The van der Waals surface area contributed by atoms with Crippen molar-refractivity contribution in [2.75, 3.05) is 13.2 Å². The maximum absolute atomic E-state index is 12.8. The van der Waals surface area contributed by atoms with Gasteiger partial charge in [0.2, 0.25) is 0 Å². The average Bonchev–Trinajstić information content (AvgIpc) is 3.35. The Labute approximate surface area is 424 Å². The van der Waals surface area contributed by atoms with E-state index < -0.39 is 12.1 Å². The van der Waals surface area contributed by atoms with E-state index in [2.05, 4.69) is 130 Å². The fourth-order valence-corrected chi connectivity index (χ4v) is 7.28. The molecule has 0 unspecified atom stereocenters. The minimum atomic E-state index is -0.842. The molecule has 0 bridgehead atoms. The largest absolute Gasteiger partial charge is 0.462 e. The zero-order chi connectivity index (χ0) is 50.0. The lowest BCUT2D eigenvalue weighted by molar-refractivity contribution is -0.166. The van der Waals surface area contributed by atoms with Crippen LogP contribution in [-0.2, 0) is 28.6 Å². The molecule has 0 fully saturated rings. The van der Waals surface area contributed by atoms with E-state index in [1.54, 1.807) is 0 Å². The summed E-state index contributed by atoms with van der Waals surface area (Å²) in [6, 6.07) is 0. The maximum Gasteiger partial charge on any atom is 0.306 e. The lowest BCUT2D eigenvalue weighted by Gasteiger charge is -2.18. The summed E-state index contributed by atoms with van der Waals surface area (Å²) in [5.41, 5.74) is 0. The third-order valence-corrected chi connectivity index (χ3v) is 11.5. The van der Waals surface area contributed by atoms with Gasteiger partial charge < -0.3 is 14.2 Å². The smallest absolute Gasteiger partial charge is 0.306 e. The molecule has 0 aromatic rings. The molecule has 0 rings (SSSR count). The van der Waals surface area contributed by atoms with Crippen LogP contribution in [0.1, 0.15) is 239 Å². The van der Waals surface area contributed by atoms with Crippen molar-refractivity contribution >= 4 is 17.9 Å². The van der Waals surface area contributed by atoms with Crippen LogP contribution < -0.4 is 0 Å². The van der Waals surface area contributed by atoms with Gasteiger partial charge in [-0.2, -0.15) is 0 Å². The first-order valence-electron chi connectivity index (χ1n) is 28.0. The SMILES string of the molecule is CC/C=C\C/C=C\C/C=C\C/C=C\C/C=C\C/C=C\CCC(=O)O[C@H](COC(=O)CCC/C=C\C/C=C\C/C=C\C/C=C\CCCCC)COC(=O)CCCCCCCCCCCCCCCCC. The molecule has 1 atom stereocenters. The molecule has 0 aliphatic heterocycles. The molecule has 0 N–H and O–H groups in total. The molecule has 6 heteroatoms. The van der Waals surface area contributed by atoms with Crippen molar-refractivity contribution in [1.29, 1.82) is 0 Å². The summed E-state index contributed by atoms with van der Waals surface area (Å²) >= 11 is 0. The molecule has 0 aliphatic rings. The van der Waals surface area contributed by atoms with Crippen molar-refractivity contribution in [2.45, 2.75) is 245 Å². The summed E-state index contributed by atoms with van der Waals surface area (Å²) in [7, 11) is 0. The number of carbonyl (C=O) groups is 3. The van der Waals surface area contributed by atoms with Gasteiger partial charge in [0.05, 0.1) is 0 Å². The van der Waals surface area contributed by atoms with Gasteiger partial charge in [0, 0.05) is 19.3 Å². The molecule has 0 aromatic heterocycles. The first-order chi connectivity index (χ1) is 34.0. The number of esters is 3. The molecule has 0 heterocycles. The molecule has 0 aliphatic carbocycles. The Kier molecular flexibility index (Phi) is 53.0. The highest BCUT2D eigenvalue weighted by Crippen LogP contribution is 2.14. The Balaban J connectivity index is 4.60. The minimum absolute atomic E-state index is 0.126. The monoisotopic (exact) mass is 955 g/mol. The zero-order valence-electron chi connectivity index (χ0n) is 44.5. The van der Waals surface area contributed by atoms with Crippen LogP contribution in [0, 0.1) is 0 Å². The third kappa shape index (κ3) is 54.6. The number of ether oxygens (including phenoxy) is 3. The first-order valence-corrected chi connectivity index (χ1v) is 28.0. The Bertz CT molecular complexity index is 1470. The van der Waals surface area contributed by atoms with Gasteiger partial charge in [-0.1, -0.05) is 245 Å². The molecule has 0 spiro atoms. The van der Waals surface area contributed by atoms with Crippen LogP contribution in [0.15, 0.2) is 122 Å². The molecular formula is C63H102O6. The Hall–Kier alpha value is -4.19. The lowest BCUT2D eigenvalue weighted by atomic mass is 10.0. The van der Waals surface area contributed by atoms with E-state index in [0.29, 0.717) is 19.3 Å². The topological polar surface area (TPSA) is 78.9 Å². The van der Waals surface area contributed by atoms with Crippen LogP contribution in [0.5, 0.6) is 0 Å². The van der Waals surface area contributed by atoms with E-state index in [0.717, 1.165) is 83.5 Å². The quantitative estimate of drug-likeness (QED) is 0.0262. The highest BCUT2D eigenvalue weighted by atomic mass is 16.6. The van der Waals surface area contributed by atoms with Gasteiger partial charge in [-0.15, -0.1) is 0 Å². The summed E-state index contributed by atoms with van der Waals surface area (Å²) in [6.07, 6.45) is 77.7. The molecule has 0 radical (unpaired) electrons. The Morgan fingerprint density at radius 1 is 0.304 bits per heavy atom. The summed E-state index contributed by atoms with van der Waals surface area (Å²) in [6.45, 7) is 6.39. The van der Waals surface area contributed by atoms with Crippen molar-refractivity contribution in [3.63, 3.8) is 0 Å². The third-order valence-electron chi connectivity index (χ3n) is 11.5. The Morgan fingerprint density at radius 2 is 0.609 bits per heavy atom. The standard InChI is InChI=1S/C63H102O6/c1-4-7-10-13-16-19-22-25-28-30-31-33-36-39-42-45-48-51-54-57-63(66)69-60(58-67-61(64)55-52-49-46-43-40-37-34-27-24-21-18-15-12-9-6-3)59-68-62(65)56-53-50-47-44-41-38-35-32-29-26-23-20-17-14-11-8-5-2/h7,10,16-17,19-20,25-26,28-29,31,33,35,38-39,42,44,47-48,51,60H,4-6,8-9,11-15,18,21-24,27,30,32,34,36-37,40-41,43,45-46,49-50,52-59H2,1-3H3/b10-7-,19-16-,20-17-,28-25-,29-26-,33-31-,38-35-,42-39-,47-44-,51-48-/t60-/m0/s1. The number of allylic oxidation sites excluding steroid dienone is 20. The van der Waals surface area contributed by atoms with Gasteiger partial charge in [-0.05, 0) is 96.3 Å². The molecule has 0 saturated heterocycles. The van der Waals surface area contributed by atoms with Crippen molar-refractivity contribution in [3.8, 4) is 0 Å². The predicted molar refractivity (Wildman–Crippen MR) is 297 cm³/mol. The Morgan fingerprint density at radius 3 is 1.00 bits per heavy atom. The van der Waals surface area contributed by atoms with Gasteiger partial charge in [-0.25, -0.2) is 0 Å². The summed E-state index contributed by atoms with van der Waals surface area (Å²) in [5.74, 6) is -1.07. The van der Waals surface area contributed by atoms with E-state index in [1.807, 2.05) is 12.2 Å². The van der Waals surface area contributed by atoms with Crippen molar-refractivity contribution in [1.82, 2.24) is 0 Å². The van der Waals surface area contributed by atoms with Gasteiger partial charge in [0.15, 0.2) is 6.10 Å². The second-order valence-corrected chi connectivity index (χ2v) is 18.1. The molecule has 0 saturated carbocycles. The van der Waals surface area contributed by atoms with Crippen molar-refractivity contribution in [3.05, 3.63) is 122 Å². The number of hydrogen-bond donors (Lipinski definition) is 0. The summed E-state index contributed by atoms with van der Waals surface area (Å²) < 4.78 is 16.7. The van der Waals surface area contributed by atoms with E-state index >= 15 is 0 Å². The van der Waals surface area contributed by atoms with Gasteiger partial charge >= 0.3 is 17.9 Å².